The van der Waals surface area contributed by atoms with Gasteiger partial charge in [-0.1, -0.05) is 5.21 Å². The molecule has 1 aromatic carbocycles. The molecule has 166 valence electrons. The van der Waals surface area contributed by atoms with E-state index in [-0.39, 0.29) is 31.3 Å². The summed E-state index contributed by atoms with van der Waals surface area (Å²) in [6.07, 6.45) is 1.37. The molecule has 2 aromatic rings. The zero-order valence-corrected chi connectivity index (χ0v) is 17.4. The Hall–Kier alpha value is -3.08. The van der Waals surface area contributed by atoms with Crippen molar-refractivity contribution in [2.45, 2.75) is 38.1 Å². The number of nitrogens with zero attached hydrogens (tertiary/aromatic N) is 5. The first kappa shape index (κ1) is 21.2. The van der Waals surface area contributed by atoms with Crippen LogP contribution in [-0.2, 0) is 24.4 Å². The lowest BCUT2D eigenvalue weighted by molar-refractivity contribution is -0.122. The Bertz CT molecular complexity index is 1010. The van der Waals surface area contributed by atoms with Gasteiger partial charge in [0.05, 0.1) is 37.5 Å². The molecule has 2 aliphatic heterocycles. The third-order valence-corrected chi connectivity index (χ3v) is 5.67. The van der Waals surface area contributed by atoms with E-state index in [1.807, 2.05) is 0 Å². The molecule has 1 unspecified atom stereocenters. The summed E-state index contributed by atoms with van der Waals surface area (Å²) >= 11 is 0. The molecular weight excluding hydrogens is 410 g/mol. The van der Waals surface area contributed by atoms with E-state index in [4.69, 9.17) is 4.74 Å². The highest BCUT2D eigenvalue weighted by Gasteiger charge is 2.43. The smallest absolute Gasteiger partial charge is 0.317 e. The molecule has 31 heavy (non-hydrogen) atoms. The molecule has 1 fully saturated rings. The lowest BCUT2D eigenvalue weighted by Crippen LogP contribution is -2.55. The molecule has 2 aliphatic rings. The lowest BCUT2D eigenvalue weighted by Gasteiger charge is -2.44. The van der Waals surface area contributed by atoms with Gasteiger partial charge in [-0.25, -0.2) is 18.3 Å². The third kappa shape index (κ3) is 4.22. The maximum Gasteiger partial charge on any atom is 0.317 e. The van der Waals surface area contributed by atoms with Crippen LogP contribution in [0.4, 0.5) is 13.6 Å². The van der Waals surface area contributed by atoms with Crippen LogP contribution in [0, 0.1) is 11.6 Å². The second-order valence-corrected chi connectivity index (χ2v) is 8.12. The van der Waals surface area contributed by atoms with E-state index in [2.05, 4.69) is 15.6 Å². The monoisotopic (exact) mass is 434 g/mol. The molecular formula is C20H24F2N6O3. The van der Waals surface area contributed by atoms with Crippen LogP contribution in [-0.4, -0.2) is 69.5 Å². The molecule has 1 N–H and O–H groups in total. The van der Waals surface area contributed by atoms with Crippen LogP contribution in [0.3, 0.4) is 0 Å². The number of ether oxygens (including phenoxy) is 1. The summed E-state index contributed by atoms with van der Waals surface area (Å²) in [5.41, 5.74) is 0.427. The van der Waals surface area contributed by atoms with Gasteiger partial charge in [-0.3, -0.25) is 4.79 Å². The molecule has 0 bridgehead atoms. The third-order valence-electron chi connectivity index (χ3n) is 5.67. The zero-order chi connectivity index (χ0) is 22.2. The quantitative estimate of drug-likeness (QED) is 0.791. The Labute approximate surface area is 177 Å². The number of piperidine rings is 1. The van der Waals surface area contributed by atoms with Crippen molar-refractivity contribution in [1.29, 1.82) is 0 Å². The Balaban J connectivity index is 1.47. The zero-order valence-electron chi connectivity index (χ0n) is 17.4. The number of carbonyl (C=O) groups excluding carboxylic acids is 2. The summed E-state index contributed by atoms with van der Waals surface area (Å²) in [5, 5.41) is 11.1. The minimum absolute atomic E-state index is 0.228. The number of hydrogen-bond acceptors (Lipinski definition) is 5. The summed E-state index contributed by atoms with van der Waals surface area (Å²) < 4.78 is 35.5. The summed E-state index contributed by atoms with van der Waals surface area (Å²) in [5.74, 6) is -1.97. The largest absolute Gasteiger partial charge is 0.365 e. The predicted molar refractivity (Wildman–Crippen MR) is 105 cm³/mol. The Morgan fingerprint density at radius 3 is 2.87 bits per heavy atom. The van der Waals surface area contributed by atoms with Crippen LogP contribution in [0.15, 0.2) is 18.2 Å². The van der Waals surface area contributed by atoms with E-state index in [1.165, 1.54) is 9.80 Å². The number of likely N-dealkylation sites (tertiary alicyclic amines) is 1. The SMILES string of the molecule is CN(C)C(=O)NCc1nnn2c1COC1(CCCN(C(=O)c3cc(F)ccc3F)C1)C2. The van der Waals surface area contributed by atoms with Gasteiger partial charge < -0.3 is 19.9 Å². The number of urea groups is 1. The summed E-state index contributed by atoms with van der Waals surface area (Å²) in [6, 6.07) is 2.63. The highest BCUT2D eigenvalue weighted by Crippen LogP contribution is 2.33. The summed E-state index contributed by atoms with van der Waals surface area (Å²) in [6.45, 7) is 1.52. The number of rotatable bonds is 3. The minimum Gasteiger partial charge on any atom is -0.365 e. The van der Waals surface area contributed by atoms with Crippen LogP contribution in [0.1, 0.15) is 34.6 Å². The number of carbonyl (C=O) groups is 2. The second-order valence-electron chi connectivity index (χ2n) is 8.12. The van der Waals surface area contributed by atoms with Gasteiger partial charge in [0, 0.05) is 20.6 Å². The van der Waals surface area contributed by atoms with Crippen molar-refractivity contribution in [3.8, 4) is 0 Å². The summed E-state index contributed by atoms with van der Waals surface area (Å²) in [7, 11) is 3.30. The van der Waals surface area contributed by atoms with Crippen LogP contribution >= 0.6 is 0 Å². The first-order chi connectivity index (χ1) is 14.8. The molecule has 9 nitrogen and oxygen atoms in total. The Morgan fingerprint density at radius 1 is 1.29 bits per heavy atom. The summed E-state index contributed by atoms with van der Waals surface area (Å²) in [4.78, 5) is 27.5. The van der Waals surface area contributed by atoms with Crippen molar-refractivity contribution in [2.24, 2.45) is 0 Å². The van der Waals surface area contributed by atoms with Crippen molar-refractivity contribution < 1.29 is 23.1 Å². The van der Waals surface area contributed by atoms with E-state index in [9.17, 15) is 18.4 Å². The maximum atomic E-state index is 14.1. The van der Waals surface area contributed by atoms with Crippen LogP contribution in [0.5, 0.6) is 0 Å². The maximum absolute atomic E-state index is 14.1. The first-order valence-corrected chi connectivity index (χ1v) is 10.0. The van der Waals surface area contributed by atoms with Gasteiger partial charge in [0.2, 0.25) is 0 Å². The predicted octanol–water partition coefficient (Wildman–Crippen LogP) is 1.53. The van der Waals surface area contributed by atoms with Crippen molar-refractivity contribution >= 4 is 11.9 Å². The van der Waals surface area contributed by atoms with Gasteiger partial charge in [-0.2, -0.15) is 0 Å². The Kier molecular flexibility index (Phi) is 5.61. The van der Waals surface area contributed by atoms with Crippen LogP contribution in [0.25, 0.3) is 0 Å². The molecule has 0 radical (unpaired) electrons. The van der Waals surface area contributed by atoms with E-state index in [0.717, 1.165) is 23.9 Å². The number of aromatic nitrogens is 3. The van der Waals surface area contributed by atoms with Crippen molar-refractivity contribution in [3.63, 3.8) is 0 Å². The van der Waals surface area contributed by atoms with Crippen LogP contribution in [0.2, 0.25) is 0 Å². The van der Waals surface area contributed by atoms with Crippen molar-refractivity contribution in [3.05, 3.63) is 46.8 Å². The van der Waals surface area contributed by atoms with Gasteiger partial charge in [0.1, 0.15) is 22.9 Å². The topological polar surface area (TPSA) is 92.6 Å². The van der Waals surface area contributed by atoms with Gasteiger partial charge in [-0.15, -0.1) is 5.10 Å². The molecule has 4 rings (SSSR count). The fourth-order valence-corrected chi connectivity index (χ4v) is 4.00. The van der Waals surface area contributed by atoms with Gasteiger partial charge in [-0.05, 0) is 31.0 Å². The molecule has 0 saturated carbocycles. The average molecular weight is 434 g/mol. The van der Waals surface area contributed by atoms with Crippen molar-refractivity contribution in [2.75, 3.05) is 27.2 Å². The number of benzene rings is 1. The molecule has 1 saturated heterocycles. The standard InChI is InChI=1S/C20H24F2N6O3/c1-26(2)19(30)23-9-16-17-10-31-20(12-28(17)25-24-16)6-3-7-27(11-20)18(29)14-8-13(21)4-5-15(14)22/h4-5,8H,3,6-7,9-12H2,1-2H3,(H,23,30). The molecule has 3 heterocycles. The van der Waals surface area contributed by atoms with E-state index in [0.29, 0.717) is 31.6 Å². The van der Waals surface area contributed by atoms with E-state index >= 15 is 0 Å². The van der Waals surface area contributed by atoms with Gasteiger partial charge in [0.25, 0.3) is 5.91 Å². The second kappa shape index (κ2) is 8.22. The molecule has 11 heteroatoms. The lowest BCUT2D eigenvalue weighted by atomic mass is 9.90. The fourth-order valence-electron chi connectivity index (χ4n) is 4.00. The first-order valence-electron chi connectivity index (χ1n) is 10.0. The highest BCUT2D eigenvalue weighted by atomic mass is 19.1. The van der Waals surface area contributed by atoms with Crippen molar-refractivity contribution in [1.82, 2.24) is 30.1 Å². The average Bonchev–Trinajstić information content (AvgIpc) is 3.14. The van der Waals surface area contributed by atoms with Gasteiger partial charge >= 0.3 is 6.03 Å². The highest BCUT2D eigenvalue weighted by molar-refractivity contribution is 5.94. The number of amides is 3. The number of nitrogens with one attached hydrogen (secondary N) is 1. The van der Waals surface area contributed by atoms with Crippen LogP contribution < -0.4 is 5.32 Å². The molecule has 1 aromatic heterocycles. The molecule has 1 spiro atoms. The Morgan fingerprint density at radius 2 is 2.10 bits per heavy atom. The fraction of sp³-hybridized carbons (Fsp3) is 0.500. The van der Waals surface area contributed by atoms with E-state index in [1.54, 1.807) is 18.8 Å². The minimum atomic E-state index is -0.751. The number of hydrogen-bond donors (Lipinski definition) is 1. The van der Waals surface area contributed by atoms with E-state index < -0.39 is 23.1 Å². The molecule has 3 amide bonds. The molecule has 0 aliphatic carbocycles. The molecule has 1 atom stereocenters. The normalized spacial score (nSPS) is 20.5. The number of halogens is 2. The number of fused-ring (bicyclic) bond motifs is 1. The van der Waals surface area contributed by atoms with Gasteiger partial charge in [0.15, 0.2) is 0 Å².